The second-order valence-corrected chi connectivity index (χ2v) is 7.58. The monoisotopic (exact) mass is 348 g/mol. The number of primary amides is 1. The number of hydrogen-bond donors (Lipinski definition) is 2. The molecule has 2 aliphatic rings. The summed E-state index contributed by atoms with van der Waals surface area (Å²) in [7, 11) is 0. The summed E-state index contributed by atoms with van der Waals surface area (Å²) in [6, 6.07) is 17.4. The number of rotatable bonds is 5. The molecule has 4 nitrogen and oxygen atoms in total. The van der Waals surface area contributed by atoms with E-state index in [4.69, 9.17) is 5.73 Å². The highest BCUT2D eigenvalue weighted by Gasteiger charge is 2.60. The van der Waals surface area contributed by atoms with Gasteiger partial charge in [0.05, 0.1) is 0 Å². The molecular weight excluding hydrogens is 324 g/mol. The van der Waals surface area contributed by atoms with E-state index in [1.807, 2.05) is 30.3 Å². The van der Waals surface area contributed by atoms with Crippen LogP contribution in [0.1, 0.15) is 36.0 Å². The van der Waals surface area contributed by atoms with Gasteiger partial charge in [-0.05, 0) is 42.4 Å². The van der Waals surface area contributed by atoms with Crippen LogP contribution in [0.25, 0.3) is 0 Å². The Morgan fingerprint density at radius 3 is 2.62 bits per heavy atom. The highest BCUT2D eigenvalue weighted by molar-refractivity contribution is 5.90. The number of hydrogen-bond acceptors (Lipinski definition) is 2. The molecule has 0 unspecified atom stereocenters. The summed E-state index contributed by atoms with van der Waals surface area (Å²) >= 11 is 0. The third-order valence-electron chi connectivity index (χ3n) is 5.96. The minimum atomic E-state index is -0.665. The molecule has 3 atom stereocenters. The number of nitrogens with two attached hydrogens (primary N) is 1. The Kier molecular flexibility index (Phi) is 4.27. The van der Waals surface area contributed by atoms with Gasteiger partial charge in [-0.3, -0.25) is 9.59 Å². The summed E-state index contributed by atoms with van der Waals surface area (Å²) in [5, 5.41) is 2.92. The van der Waals surface area contributed by atoms with Crippen molar-refractivity contribution in [3.05, 3.63) is 71.3 Å². The second kappa shape index (κ2) is 6.60. The fraction of sp³-hybridized carbons (Fsp3) is 0.364. The fourth-order valence-corrected chi connectivity index (χ4v) is 4.52. The first-order chi connectivity index (χ1) is 12.6. The van der Waals surface area contributed by atoms with Crippen molar-refractivity contribution in [2.75, 3.05) is 0 Å². The first-order valence-corrected chi connectivity index (χ1v) is 9.32. The minimum absolute atomic E-state index is 0.0339. The van der Waals surface area contributed by atoms with Crippen molar-refractivity contribution in [1.82, 2.24) is 5.32 Å². The van der Waals surface area contributed by atoms with Crippen LogP contribution in [-0.4, -0.2) is 17.9 Å². The molecule has 0 radical (unpaired) electrons. The molecule has 26 heavy (non-hydrogen) atoms. The molecule has 1 saturated carbocycles. The molecule has 2 aromatic rings. The Bertz CT molecular complexity index is 833. The van der Waals surface area contributed by atoms with Crippen LogP contribution in [-0.2, 0) is 27.8 Å². The van der Waals surface area contributed by atoms with E-state index in [9.17, 15) is 9.59 Å². The summed E-state index contributed by atoms with van der Waals surface area (Å²) in [6.45, 7) is 0. The van der Waals surface area contributed by atoms with Crippen molar-refractivity contribution in [2.24, 2.45) is 11.7 Å². The molecule has 1 spiro atoms. The third-order valence-corrected chi connectivity index (χ3v) is 5.96. The summed E-state index contributed by atoms with van der Waals surface area (Å²) < 4.78 is 0. The van der Waals surface area contributed by atoms with Crippen LogP contribution in [0.5, 0.6) is 0 Å². The molecule has 3 N–H and O–H groups in total. The lowest BCUT2D eigenvalue weighted by atomic mass is 9.78. The van der Waals surface area contributed by atoms with Gasteiger partial charge in [-0.25, -0.2) is 0 Å². The van der Waals surface area contributed by atoms with E-state index in [-0.39, 0.29) is 17.2 Å². The minimum Gasteiger partial charge on any atom is -0.368 e. The zero-order valence-corrected chi connectivity index (χ0v) is 14.8. The van der Waals surface area contributed by atoms with E-state index in [2.05, 4.69) is 29.6 Å². The Labute approximate surface area is 153 Å². The number of carbonyl (C=O) groups excluding carboxylic acids is 2. The number of amides is 2. The molecule has 0 aromatic heterocycles. The maximum atomic E-state index is 12.9. The van der Waals surface area contributed by atoms with Crippen LogP contribution < -0.4 is 11.1 Å². The van der Waals surface area contributed by atoms with E-state index in [0.29, 0.717) is 6.42 Å². The quantitative estimate of drug-likeness (QED) is 0.871. The lowest BCUT2D eigenvalue weighted by Crippen LogP contribution is -2.47. The van der Waals surface area contributed by atoms with Gasteiger partial charge in [-0.15, -0.1) is 0 Å². The molecule has 0 heterocycles. The van der Waals surface area contributed by atoms with Crippen LogP contribution in [0.2, 0.25) is 0 Å². The molecule has 1 fully saturated rings. The van der Waals surface area contributed by atoms with Crippen molar-refractivity contribution in [2.45, 2.75) is 43.6 Å². The molecule has 0 bridgehead atoms. The molecule has 2 aromatic carbocycles. The first-order valence-electron chi connectivity index (χ1n) is 9.32. The number of aryl methyl sites for hydroxylation is 1. The summed E-state index contributed by atoms with van der Waals surface area (Å²) in [6.07, 6.45) is 4.54. The predicted molar refractivity (Wildman–Crippen MR) is 100 cm³/mol. The lowest BCUT2D eigenvalue weighted by Gasteiger charge is -2.26. The van der Waals surface area contributed by atoms with Gasteiger partial charge in [0.25, 0.3) is 0 Å². The maximum absolute atomic E-state index is 12.9. The van der Waals surface area contributed by atoms with E-state index >= 15 is 0 Å². The van der Waals surface area contributed by atoms with Gasteiger partial charge in [-0.1, -0.05) is 54.6 Å². The van der Waals surface area contributed by atoms with Crippen molar-refractivity contribution in [3.8, 4) is 0 Å². The van der Waals surface area contributed by atoms with Crippen LogP contribution in [0, 0.1) is 5.92 Å². The van der Waals surface area contributed by atoms with Gasteiger partial charge >= 0.3 is 0 Å². The van der Waals surface area contributed by atoms with Gasteiger partial charge in [-0.2, -0.15) is 0 Å². The molecule has 2 amide bonds. The van der Waals surface area contributed by atoms with Crippen LogP contribution in [0.4, 0.5) is 0 Å². The molecular formula is C22H24N2O2. The average Bonchev–Trinajstić information content (AvgIpc) is 3.37. The van der Waals surface area contributed by atoms with Crippen molar-refractivity contribution in [1.29, 1.82) is 0 Å². The van der Waals surface area contributed by atoms with Gasteiger partial charge in [0, 0.05) is 17.8 Å². The predicted octanol–water partition coefficient (Wildman–Crippen LogP) is 2.49. The Morgan fingerprint density at radius 1 is 1.12 bits per heavy atom. The Hall–Kier alpha value is -2.62. The number of nitrogens with one attached hydrogen (secondary N) is 1. The second-order valence-electron chi connectivity index (χ2n) is 7.58. The van der Waals surface area contributed by atoms with Crippen LogP contribution in [0.3, 0.4) is 0 Å². The van der Waals surface area contributed by atoms with E-state index in [0.717, 1.165) is 31.2 Å². The highest BCUT2D eigenvalue weighted by Crippen LogP contribution is 2.60. The summed E-state index contributed by atoms with van der Waals surface area (Å²) in [4.78, 5) is 24.7. The molecule has 2 aliphatic carbocycles. The van der Waals surface area contributed by atoms with Crippen molar-refractivity contribution < 1.29 is 9.59 Å². The van der Waals surface area contributed by atoms with Gasteiger partial charge in [0.1, 0.15) is 6.04 Å². The van der Waals surface area contributed by atoms with E-state index < -0.39 is 11.9 Å². The SMILES string of the molecule is NC(=O)[C@H](Cc1ccccc1)NC(=O)[C@@H]1C[C@]12CCCc1ccccc12. The Morgan fingerprint density at radius 2 is 1.85 bits per heavy atom. The Balaban J connectivity index is 1.48. The van der Waals surface area contributed by atoms with Crippen molar-refractivity contribution >= 4 is 11.8 Å². The van der Waals surface area contributed by atoms with Crippen LogP contribution >= 0.6 is 0 Å². The zero-order valence-electron chi connectivity index (χ0n) is 14.8. The summed E-state index contributed by atoms with van der Waals surface area (Å²) in [5.74, 6) is -0.580. The topological polar surface area (TPSA) is 72.2 Å². The molecule has 4 rings (SSSR count). The van der Waals surface area contributed by atoms with Gasteiger partial charge in [0.15, 0.2) is 0 Å². The van der Waals surface area contributed by atoms with Gasteiger partial charge in [0.2, 0.25) is 11.8 Å². The van der Waals surface area contributed by atoms with E-state index in [1.165, 1.54) is 11.1 Å². The first kappa shape index (κ1) is 16.8. The summed E-state index contributed by atoms with van der Waals surface area (Å²) in [5.41, 5.74) is 9.19. The number of benzene rings is 2. The lowest BCUT2D eigenvalue weighted by molar-refractivity contribution is -0.128. The largest absolute Gasteiger partial charge is 0.368 e. The fourth-order valence-electron chi connectivity index (χ4n) is 4.52. The normalized spacial score (nSPS) is 24.5. The number of fused-ring (bicyclic) bond motifs is 2. The third kappa shape index (κ3) is 3.00. The molecule has 0 saturated heterocycles. The molecule has 4 heteroatoms. The van der Waals surface area contributed by atoms with Gasteiger partial charge < -0.3 is 11.1 Å². The van der Waals surface area contributed by atoms with E-state index in [1.54, 1.807) is 0 Å². The zero-order chi connectivity index (χ0) is 18.1. The average molecular weight is 348 g/mol. The standard InChI is InChI=1S/C22H24N2O2/c23-20(25)19(13-15-7-2-1-3-8-15)24-21(26)18-14-22(18)12-6-10-16-9-4-5-11-17(16)22/h1-5,7-9,11,18-19H,6,10,12-14H2,(H2,23,25)(H,24,26)/t18-,19-,22-/m0/s1. The molecule has 134 valence electrons. The molecule has 0 aliphatic heterocycles. The smallest absolute Gasteiger partial charge is 0.240 e. The van der Waals surface area contributed by atoms with Crippen molar-refractivity contribution in [3.63, 3.8) is 0 Å². The maximum Gasteiger partial charge on any atom is 0.240 e. The highest BCUT2D eigenvalue weighted by atomic mass is 16.2. The number of carbonyl (C=O) groups is 2. The van der Waals surface area contributed by atoms with Crippen LogP contribution in [0.15, 0.2) is 54.6 Å².